The van der Waals surface area contributed by atoms with Gasteiger partial charge >= 0.3 is 0 Å². The van der Waals surface area contributed by atoms with E-state index in [-0.39, 0.29) is 5.56 Å². The molecule has 2 aromatic carbocycles. The maximum absolute atomic E-state index is 12.2. The Bertz CT molecular complexity index is 1050. The zero-order chi connectivity index (χ0) is 15.8. The molecule has 112 valence electrons. The molecule has 1 N–H and O–H groups in total. The van der Waals surface area contributed by atoms with Crippen LogP contribution in [0.1, 0.15) is 0 Å². The third-order valence-corrected chi connectivity index (χ3v) is 3.92. The number of rotatable bonds is 2. The smallest absolute Gasteiger partial charge is 0.259 e. The van der Waals surface area contributed by atoms with E-state index < -0.39 is 0 Å². The van der Waals surface area contributed by atoms with Crippen LogP contribution in [-0.4, -0.2) is 19.5 Å². The maximum Gasteiger partial charge on any atom is 0.259 e. The number of halogens is 1. The van der Waals surface area contributed by atoms with Gasteiger partial charge < -0.3 is 9.55 Å². The van der Waals surface area contributed by atoms with Crippen LogP contribution in [0.4, 0.5) is 0 Å². The average molecular weight is 323 g/mol. The minimum Gasteiger partial charge on any atom is -0.306 e. The molecule has 0 aliphatic heterocycles. The van der Waals surface area contributed by atoms with Crippen LogP contribution in [0.5, 0.6) is 0 Å². The molecule has 23 heavy (non-hydrogen) atoms. The van der Waals surface area contributed by atoms with Gasteiger partial charge in [-0.15, -0.1) is 0 Å². The molecule has 5 nitrogen and oxygen atoms in total. The second-order valence-electron chi connectivity index (χ2n) is 5.07. The first-order valence-electron chi connectivity index (χ1n) is 7.00. The number of nitrogens with one attached hydrogen (secondary N) is 1. The predicted molar refractivity (Wildman–Crippen MR) is 89.9 cm³/mol. The van der Waals surface area contributed by atoms with Gasteiger partial charge in [-0.2, -0.15) is 0 Å². The summed E-state index contributed by atoms with van der Waals surface area (Å²) in [5.74, 6) is 0.493. The Labute approximate surface area is 136 Å². The van der Waals surface area contributed by atoms with Crippen LogP contribution in [0, 0.1) is 0 Å². The van der Waals surface area contributed by atoms with Crippen molar-refractivity contribution < 1.29 is 0 Å². The zero-order valence-electron chi connectivity index (χ0n) is 11.9. The van der Waals surface area contributed by atoms with Crippen LogP contribution in [0.25, 0.3) is 28.0 Å². The number of imidazole rings is 1. The second-order valence-corrected chi connectivity index (χ2v) is 5.48. The van der Waals surface area contributed by atoms with Crippen LogP contribution < -0.4 is 5.56 Å². The summed E-state index contributed by atoms with van der Waals surface area (Å²) in [6.07, 6.45) is 5.18. The van der Waals surface area contributed by atoms with Gasteiger partial charge in [0, 0.05) is 18.0 Å². The van der Waals surface area contributed by atoms with E-state index in [1.807, 2.05) is 41.1 Å². The van der Waals surface area contributed by atoms with Gasteiger partial charge in [-0.3, -0.25) is 4.79 Å². The molecule has 0 saturated heterocycles. The molecule has 0 spiro atoms. The van der Waals surface area contributed by atoms with Crippen LogP contribution in [0.2, 0.25) is 5.02 Å². The van der Waals surface area contributed by atoms with Gasteiger partial charge in [0.05, 0.1) is 27.9 Å². The van der Waals surface area contributed by atoms with E-state index in [1.165, 1.54) is 0 Å². The number of hydrogen-bond acceptors (Lipinski definition) is 3. The molecule has 4 aromatic rings. The molecule has 0 bridgehead atoms. The molecule has 2 aromatic heterocycles. The van der Waals surface area contributed by atoms with Crippen molar-refractivity contribution in [3.63, 3.8) is 0 Å². The van der Waals surface area contributed by atoms with Gasteiger partial charge in [-0.05, 0) is 30.3 Å². The third-order valence-electron chi connectivity index (χ3n) is 3.62. The molecule has 0 radical (unpaired) electrons. The van der Waals surface area contributed by atoms with E-state index in [4.69, 9.17) is 11.6 Å². The lowest BCUT2D eigenvalue weighted by atomic mass is 10.1. The molecule has 0 fully saturated rings. The molecule has 0 unspecified atom stereocenters. The fourth-order valence-electron chi connectivity index (χ4n) is 2.49. The Morgan fingerprint density at radius 1 is 1.13 bits per heavy atom. The quantitative estimate of drug-likeness (QED) is 0.615. The van der Waals surface area contributed by atoms with Crippen LogP contribution >= 0.6 is 11.6 Å². The highest BCUT2D eigenvalue weighted by Crippen LogP contribution is 2.26. The summed E-state index contributed by atoms with van der Waals surface area (Å²) in [5.41, 5.74) is 2.05. The first-order chi connectivity index (χ1) is 11.2. The number of aromatic nitrogens is 4. The Hall–Kier alpha value is -2.92. The SMILES string of the molecule is O=c1[nH]c(-c2ccc(-n3ccnc3)c(Cl)c2)nc2ccccc12. The lowest BCUT2D eigenvalue weighted by molar-refractivity contribution is 1.06. The van der Waals surface area contributed by atoms with Gasteiger partial charge in [0.2, 0.25) is 0 Å². The number of nitrogens with zero attached hydrogens (tertiary/aromatic N) is 3. The highest BCUT2D eigenvalue weighted by molar-refractivity contribution is 6.32. The average Bonchev–Trinajstić information content (AvgIpc) is 3.09. The highest BCUT2D eigenvalue weighted by atomic mass is 35.5. The molecular formula is C17H11ClN4O. The number of para-hydroxylation sites is 1. The number of H-pyrrole nitrogens is 1. The van der Waals surface area contributed by atoms with Gasteiger partial charge in [-0.25, -0.2) is 9.97 Å². The minimum atomic E-state index is -0.166. The van der Waals surface area contributed by atoms with Gasteiger partial charge in [-0.1, -0.05) is 23.7 Å². The van der Waals surface area contributed by atoms with Crippen molar-refractivity contribution in [1.29, 1.82) is 0 Å². The summed E-state index contributed by atoms with van der Waals surface area (Å²) in [4.78, 5) is 23.5. The summed E-state index contributed by atoms with van der Waals surface area (Å²) in [7, 11) is 0. The molecule has 4 rings (SSSR count). The van der Waals surface area contributed by atoms with E-state index >= 15 is 0 Å². The topological polar surface area (TPSA) is 63.6 Å². The predicted octanol–water partition coefficient (Wildman–Crippen LogP) is 3.43. The van der Waals surface area contributed by atoms with Crippen molar-refractivity contribution in [2.24, 2.45) is 0 Å². The summed E-state index contributed by atoms with van der Waals surface area (Å²) >= 11 is 6.36. The zero-order valence-corrected chi connectivity index (χ0v) is 12.7. The van der Waals surface area contributed by atoms with Crippen LogP contribution in [0.15, 0.2) is 66.0 Å². The Morgan fingerprint density at radius 3 is 2.78 bits per heavy atom. The van der Waals surface area contributed by atoms with Crippen LogP contribution in [0.3, 0.4) is 0 Å². The Morgan fingerprint density at radius 2 is 2.00 bits per heavy atom. The fraction of sp³-hybridized carbons (Fsp3) is 0. The fourth-order valence-corrected chi connectivity index (χ4v) is 2.77. The van der Waals surface area contributed by atoms with Gasteiger partial charge in [0.25, 0.3) is 5.56 Å². The Kier molecular flexibility index (Phi) is 3.20. The monoisotopic (exact) mass is 322 g/mol. The molecule has 6 heteroatoms. The third kappa shape index (κ3) is 2.41. The van der Waals surface area contributed by atoms with Crippen molar-refractivity contribution >= 4 is 22.5 Å². The summed E-state index contributed by atoms with van der Waals surface area (Å²) in [5, 5.41) is 1.12. The van der Waals surface area contributed by atoms with E-state index in [0.717, 1.165) is 11.3 Å². The number of benzene rings is 2. The van der Waals surface area contributed by atoms with E-state index in [1.54, 1.807) is 24.7 Å². The van der Waals surface area contributed by atoms with Gasteiger partial charge in [0.1, 0.15) is 5.82 Å². The van der Waals surface area contributed by atoms with Crippen molar-refractivity contribution in [2.45, 2.75) is 0 Å². The summed E-state index contributed by atoms with van der Waals surface area (Å²) in [6, 6.07) is 12.8. The Balaban J connectivity index is 1.85. The molecule has 0 saturated carbocycles. The van der Waals surface area contributed by atoms with E-state index in [0.29, 0.717) is 21.7 Å². The molecule has 0 aliphatic carbocycles. The molecule has 2 heterocycles. The summed E-state index contributed by atoms with van der Waals surface area (Å²) < 4.78 is 1.82. The maximum atomic E-state index is 12.2. The molecular weight excluding hydrogens is 312 g/mol. The number of fused-ring (bicyclic) bond motifs is 1. The standard InChI is InChI=1S/C17H11ClN4O/c18-13-9-11(5-6-15(13)22-8-7-19-10-22)16-20-14-4-2-1-3-12(14)17(23)21-16/h1-10H,(H,20,21,23). The lowest BCUT2D eigenvalue weighted by Gasteiger charge is -2.08. The first-order valence-corrected chi connectivity index (χ1v) is 7.37. The highest BCUT2D eigenvalue weighted by Gasteiger charge is 2.09. The lowest BCUT2D eigenvalue weighted by Crippen LogP contribution is -2.09. The van der Waals surface area contributed by atoms with Gasteiger partial charge in [0.15, 0.2) is 0 Å². The largest absolute Gasteiger partial charge is 0.306 e. The van der Waals surface area contributed by atoms with Crippen molar-refractivity contribution in [2.75, 3.05) is 0 Å². The van der Waals surface area contributed by atoms with Crippen molar-refractivity contribution in [1.82, 2.24) is 19.5 Å². The first kappa shape index (κ1) is 13.7. The van der Waals surface area contributed by atoms with Crippen LogP contribution in [-0.2, 0) is 0 Å². The number of aromatic amines is 1. The van der Waals surface area contributed by atoms with E-state index in [2.05, 4.69) is 15.0 Å². The normalized spacial score (nSPS) is 11.0. The second kappa shape index (κ2) is 5.37. The minimum absolute atomic E-state index is 0.166. The number of hydrogen-bond donors (Lipinski definition) is 1. The van der Waals surface area contributed by atoms with Crippen molar-refractivity contribution in [3.05, 3.63) is 76.6 Å². The van der Waals surface area contributed by atoms with Crippen molar-refractivity contribution in [3.8, 4) is 17.1 Å². The summed E-state index contributed by atoms with van der Waals surface area (Å²) in [6.45, 7) is 0. The molecule has 0 amide bonds. The van der Waals surface area contributed by atoms with E-state index in [9.17, 15) is 4.79 Å². The molecule has 0 atom stereocenters. The molecule has 0 aliphatic rings.